The van der Waals surface area contributed by atoms with Crippen molar-refractivity contribution in [3.63, 3.8) is 0 Å². The van der Waals surface area contributed by atoms with E-state index in [1.165, 1.54) is 0 Å². The predicted molar refractivity (Wildman–Crippen MR) is 76.4 cm³/mol. The van der Waals surface area contributed by atoms with Crippen LogP contribution < -0.4 is 10.5 Å². The van der Waals surface area contributed by atoms with Gasteiger partial charge in [-0.2, -0.15) is 4.98 Å². The molecule has 100 valence electrons. The molecule has 0 bridgehead atoms. The zero-order valence-corrected chi connectivity index (χ0v) is 11.6. The fourth-order valence-electron chi connectivity index (χ4n) is 1.81. The number of hydrogen-bond donors (Lipinski definition) is 1. The molecule has 0 saturated heterocycles. The Morgan fingerprint density at radius 3 is 2.68 bits per heavy atom. The largest absolute Gasteiger partial charge is 0.439 e. The Labute approximate surface area is 113 Å². The van der Waals surface area contributed by atoms with Crippen LogP contribution in [0.2, 0.25) is 0 Å². The van der Waals surface area contributed by atoms with E-state index in [0.717, 1.165) is 35.5 Å². The lowest BCUT2D eigenvalue weighted by Crippen LogP contribution is -2.01. The summed E-state index contributed by atoms with van der Waals surface area (Å²) in [5.74, 6) is 2.48. The molecule has 2 N–H and O–H groups in total. The molecule has 0 atom stereocenters. The Kier molecular flexibility index (Phi) is 4.00. The number of ether oxygens (including phenoxy) is 1. The molecular formula is C15H19N3O. The first kappa shape index (κ1) is 13.3. The zero-order valence-electron chi connectivity index (χ0n) is 11.6. The van der Waals surface area contributed by atoms with Gasteiger partial charge < -0.3 is 10.5 Å². The van der Waals surface area contributed by atoms with Crippen LogP contribution >= 0.6 is 0 Å². The van der Waals surface area contributed by atoms with Gasteiger partial charge in [-0.1, -0.05) is 19.1 Å². The van der Waals surface area contributed by atoms with Crippen LogP contribution in [-0.4, -0.2) is 9.97 Å². The fraction of sp³-hybridized carbons (Fsp3) is 0.333. The molecule has 1 heterocycles. The van der Waals surface area contributed by atoms with Gasteiger partial charge in [-0.15, -0.1) is 0 Å². The molecule has 2 aromatic rings. The number of hydrogen-bond acceptors (Lipinski definition) is 4. The standard InChI is InChI=1S/C15H19N3O/c1-4-5-14-17-13(16)9-15(18-14)19-12-8-10(2)6-7-11(12)3/h6-9H,4-5H2,1-3H3,(H2,16,17,18). The lowest BCUT2D eigenvalue weighted by molar-refractivity contribution is 0.455. The molecule has 19 heavy (non-hydrogen) atoms. The normalized spacial score (nSPS) is 10.5. The van der Waals surface area contributed by atoms with Crippen LogP contribution in [0.3, 0.4) is 0 Å². The molecule has 1 aromatic carbocycles. The highest BCUT2D eigenvalue weighted by atomic mass is 16.5. The van der Waals surface area contributed by atoms with Gasteiger partial charge in [0.15, 0.2) is 0 Å². The first-order chi connectivity index (χ1) is 9.08. The molecule has 1 aromatic heterocycles. The Hall–Kier alpha value is -2.10. The molecule has 0 radical (unpaired) electrons. The molecule has 0 unspecified atom stereocenters. The van der Waals surface area contributed by atoms with Crippen LogP contribution in [0.5, 0.6) is 11.6 Å². The molecular weight excluding hydrogens is 238 g/mol. The number of anilines is 1. The minimum atomic E-state index is 0.443. The Morgan fingerprint density at radius 2 is 1.95 bits per heavy atom. The maximum Gasteiger partial charge on any atom is 0.224 e. The van der Waals surface area contributed by atoms with Crippen LogP contribution in [-0.2, 0) is 6.42 Å². The van der Waals surface area contributed by atoms with Gasteiger partial charge in [0.25, 0.3) is 0 Å². The highest BCUT2D eigenvalue weighted by Crippen LogP contribution is 2.25. The van der Waals surface area contributed by atoms with E-state index in [1.54, 1.807) is 6.07 Å². The lowest BCUT2D eigenvalue weighted by Gasteiger charge is -2.10. The molecule has 0 saturated carbocycles. The smallest absolute Gasteiger partial charge is 0.224 e. The van der Waals surface area contributed by atoms with Crippen molar-refractivity contribution in [3.05, 3.63) is 41.2 Å². The first-order valence-corrected chi connectivity index (χ1v) is 6.47. The van der Waals surface area contributed by atoms with Crippen molar-refractivity contribution >= 4 is 5.82 Å². The Morgan fingerprint density at radius 1 is 1.16 bits per heavy atom. The summed E-state index contributed by atoms with van der Waals surface area (Å²) in [4.78, 5) is 8.57. The minimum absolute atomic E-state index is 0.443. The zero-order chi connectivity index (χ0) is 13.8. The van der Waals surface area contributed by atoms with E-state index in [2.05, 4.69) is 23.0 Å². The van der Waals surface area contributed by atoms with E-state index in [4.69, 9.17) is 10.5 Å². The summed E-state index contributed by atoms with van der Waals surface area (Å²) in [5.41, 5.74) is 8.00. The molecule has 0 aliphatic carbocycles. The van der Waals surface area contributed by atoms with Gasteiger partial charge in [0, 0.05) is 12.5 Å². The van der Waals surface area contributed by atoms with E-state index in [-0.39, 0.29) is 0 Å². The number of rotatable bonds is 4. The second-order valence-corrected chi connectivity index (χ2v) is 4.67. The molecule has 4 nitrogen and oxygen atoms in total. The summed E-state index contributed by atoms with van der Waals surface area (Å²) >= 11 is 0. The van der Waals surface area contributed by atoms with Gasteiger partial charge in [0.1, 0.15) is 17.4 Å². The Balaban J connectivity index is 2.29. The first-order valence-electron chi connectivity index (χ1n) is 6.47. The van der Waals surface area contributed by atoms with E-state index >= 15 is 0 Å². The fourth-order valence-corrected chi connectivity index (χ4v) is 1.81. The van der Waals surface area contributed by atoms with Gasteiger partial charge in [0.2, 0.25) is 5.88 Å². The van der Waals surface area contributed by atoms with Crippen LogP contribution in [0, 0.1) is 13.8 Å². The van der Waals surface area contributed by atoms with Crippen molar-refractivity contribution in [1.82, 2.24) is 9.97 Å². The maximum absolute atomic E-state index is 5.83. The predicted octanol–water partition coefficient (Wildman–Crippen LogP) is 3.42. The summed E-state index contributed by atoms with van der Waals surface area (Å²) < 4.78 is 5.83. The minimum Gasteiger partial charge on any atom is -0.439 e. The lowest BCUT2D eigenvalue weighted by atomic mass is 10.1. The third kappa shape index (κ3) is 3.44. The maximum atomic E-state index is 5.83. The number of nitrogens with zero attached hydrogens (tertiary/aromatic N) is 2. The third-order valence-corrected chi connectivity index (χ3v) is 2.80. The summed E-state index contributed by atoms with van der Waals surface area (Å²) in [6.07, 6.45) is 1.78. The van der Waals surface area contributed by atoms with Crippen molar-refractivity contribution in [2.45, 2.75) is 33.6 Å². The molecule has 4 heteroatoms. The van der Waals surface area contributed by atoms with Crippen LogP contribution in [0.1, 0.15) is 30.3 Å². The summed E-state index contributed by atoms with van der Waals surface area (Å²) in [7, 11) is 0. The van der Waals surface area contributed by atoms with Crippen molar-refractivity contribution in [2.24, 2.45) is 0 Å². The number of nitrogen functional groups attached to an aromatic ring is 1. The van der Waals surface area contributed by atoms with Crippen LogP contribution in [0.4, 0.5) is 5.82 Å². The summed E-state index contributed by atoms with van der Waals surface area (Å²) in [5, 5.41) is 0. The monoisotopic (exact) mass is 257 g/mol. The van der Waals surface area contributed by atoms with E-state index < -0.39 is 0 Å². The molecule has 2 rings (SSSR count). The topological polar surface area (TPSA) is 61.0 Å². The van der Waals surface area contributed by atoms with Crippen molar-refractivity contribution < 1.29 is 4.74 Å². The Bertz CT molecular complexity index is 582. The quantitative estimate of drug-likeness (QED) is 0.911. The van der Waals surface area contributed by atoms with Crippen LogP contribution in [0.25, 0.3) is 0 Å². The van der Waals surface area contributed by atoms with Gasteiger partial charge in [-0.25, -0.2) is 4.98 Å². The highest BCUT2D eigenvalue weighted by Gasteiger charge is 2.06. The van der Waals surface area contributed by atoms with Gasteiger partial charge in [-0.3, -0.25) is 0 Å². The molecule has 0 fully saturated rings. The summed E-state index contributed by atoms with van der Waals surface area (Å²) in [6, 6.07) is 7.73. The average Bonchev–Trinajstić information content (AvgIpc) is 2.33. The molecule has 0 spiro atoms. The van der Waals surface area contributed by atoms with E-state index in [0.29, 0.717) is 11.7 Å². The second kappa shape index (κ2) is 5.69. The van der Waals surface area contributed by atoms with Crippen molar-refractivity contribution in [1.29, 1.82) is 0 Å². The molecule has 0 amide bonds. The average molecular weight is 257 g/mol. The number of benzene rings is 1. The number of nitrogens with two attached hydrogens (primary N) is 1. The van der Waals surface area contributed by atoms with Crippen molar-refractivity contribution in [3.8, 4) is 11.6 Å². The second-order valence-electron chi connectivity index (χ2n) is 4.67. The van der Waals surface area contributed by atoms with Crippen molar-refractivity contribution in [2.75, 3.05) is 5.73 Å². The number of aromatic nitrogens is 2. The summed E-state index contributed by atoms with van der Waals surface area (Å²) in [6.45, 7) is 6.12. The van der Waals surface area contributed by atoms with E-state index in [1.807, 2.05) is 26.0 Å². The SMILES string of the molecule is CCCc1nc(N)cc(Oc2cc(C)ccc2C)n1. The van der Waals surface area contributed by atoms with E-state index in [9.17, 15) is 0 Å². The third-order valence-electron chi connectivity index (χ3n) is 2.80. The van der Waals surface area contributed by atoms with Crippen LogP contribution in [0.15, 0.2) is 24.3 Å². The number of aryl methyl sites for hydroxylation is 3. The van der Waals surface area contributed by atoms with Gasteiger partial charge in [-0.05, 0) is 37.5 Å². The molecule has 0 aliphatic rings. The van der Waals surface area contributed by atoms with Gasteiger partial charge in [0.05, 0.1) is 0 Å². The molecule has 0 aliphatic heterocycles. The highest BCUT2D eigenvalue weighted by molar-refractivity contribution is 5.40. The van der Waals surface area contributed by atoms with Gasteiger partial charge >= 0.3 is 0 Å².